The number of hydrogen-bond acceptors (Lipinski definition) is 8. The number of fused-ring (bicyclic) bond motifs is 1. The van der Waals surface area contributed by atoms with Crippen LogP contribution < -0.4 is 25.8 Å². The fourth-order valence-corrected chi connectivity index (χ4v) is 5.88. The molecule has 3 aromatic rings. The van der Waals surface area contributed by atoms with E-state index < -0.39 is 0 Å². The lowest BCUT2D eigenvalue weighted by Gasteiger charge is -2.46. The molecule has 10 nitrogen and oxygen atoms in total. The second kappa shape index (κ2) is 11.6. The minimum Gasteiger partial charge on any atom is -0.478 e. The van der Waals surface area contributed by atoms with Crippen molar-refractivity contribution in [2.75, 3.05) is 57.1 Å². The average Bonchev–Trinajstić information content (AvgIpc) is 2.95. The Hall–Kier alpha value is -3.37. The molecule has 40 heavy (non-hydrogen) atoms. The van der Waals surface area contributed by atoms with E-state index in [1.807, 2.05) is 32.0 Å². The van der Waals surface area contributed by atoms with E-state index in [1.54, 1.807) is 16.8 Å². The van der Waals surface area contributed by atoms with Gasteiger partial charge in [-0.15, -0.1) is 0 Å². The standard InChI is InChI=1S/C29H38ClN7O3/c1-19(2)37-23-6-5-21(15-20(23)16-24(27(37)39)40-18-25(38)31-3)33-26-22(30)17-32-28(34-26)36-13-9-29(10-14-36)7-11-35(4)12-8-29/h5-6,15-17,19H,7-14,18H2,1-4H3,(H,31,38)(H,32,33,34). The third kappa shape index (κ3) is 5.88. The van der Waals surface area contributed by atoms with Crippen molar-refractivity contribution in [2.24, 2.45) is 5.41 Å². The molecular formula is C29H38ClN7O3. The second-order valence-electron chi connectivity index (χ2n) is 11.3. The van der Waals surface area contributed by atoms with Crippen LogP contribution in [-0.4, -0.2) is 72.2 Å². The molecule has 1 spiro atoms. The number of halogens is 1. The van der Waals surface area contributed by atoms with E-state index >= 15 is 0 Å². The summed E-state index contributed by atoms with van der Waals surface area (Å²) in [5.41, 5.74) is 1.69. The maximum Gasteiger partial charge on any atom is 0.293 e. The first-order valence-electron chi connectivity index (χ1n) is 13.9. The Morgan fingerprint density at radius 1 is 1.12 bits per heavy atom. The van der Waals surface area contributed by atoms with Gasteiger partial charge < -0.3 is 29.7 Å². The number of carbonyl (C=O) groups excluding carboxylic acids is 1. The van der Waals surface area contributed by atoms with Crippen molar-refractivity contribution >= 4 is 45.9 Å². The van der Waals surface area contributed by atoms with Crippen molar-refractivity contribution in [1.29, 1.82) is 0 Å². The predicted molar refractivity (Wildman–Crippen MR) is 159 cm³/mol. The van der Waals surface area contributed by atoms with Gasteiger partial charge in [0.05, 0.1) is 11.7 Å². The number of aromatic nitrogens is 3. The Kier molecular flexibility index (Phi) is 8.19. The van der Waals surface area contributed by atoms with E-state index in [9.17, 15) is 9.59 Å². The highest BCUT2D eigenvalue weighted by Gasteiger charge is 2.37. The second-order valence-corrected chi connectivity index (χ2v) is 11.7. The van der Waals surface area contributed by atoms with E-state index in [4.69, 9.17) is 21.3 Å². The Morgan fingerprint density at radius 3 is 2.50 bits per heavy atom. The van der Waals surface area contributed by atoms with Crippen LogP contribution >= 0.6 is 11.6 Å². The van der Waals surface area contributed by atoms with Crippen LogP contribution in [0.3, 0.4) is 0 Å². The van der Waals surface area contributed by atoms with Gasteiger partial charge >= 0.3 is 0 Å². The van der Waals surface area contributed by atoms with Crippen molar-refractivity contribution in [3.8, 4) is 5.75 Å². The van der Waals surface area contributed by atoms with E-state index in [0.717, 1.165) is 42.5 Å². The molecule has 0 bridgehead atoms. The number of anilines is 3. The molecule has 2 fully saturated rings. The van der Waals surface area contributed by atoms with Gasteiger partial charge in [0.25, 0.3) is 11.5 Å². The number of rotatable bonds is 7. The molecular weight excluding hydrogens is 530 g/mol. The summed E-state index contributed by atoms with van der Waals surface area (Å²) in [7, 11) is 3.73. The number of likely N-dealkylation sites (tertiary alicyclic amines) is 1. The molecule has 0 aliphatic carbocycles. The molecule has 2 aliphatic rings. The topological polar surface area (TPSA) is 105 Å². The molecule has 0 unspecified atom stereocenters. The summed E-state index contributed by atoms with van der Waals surface area (Å²) in [5.74, 6) is 1.01. The largest absolute Gasteiger partial charge is 0.478 e. The normalized spacial score (nSPS) is 17.4. The number of likely N-dealkylation sites (N-methyl/N-ethyl adjacent to an activating group) is 1. The number of nitrogens with one attached hydrogen (secondary N) is 2. The van der Waals surface area contributed by atoms with Crippen LogP contribution in [0.5, 0.6) is 5.75 Å². The van der Waals surface area contributed by atoms with E-state index in [2.05, 4.69) is 32.5 Å². The molecule has 214 valence electrons. The molecule has 11 heteroatoms. The fourth-order valence-electron chi connectivity index (χ4n) is 5.74. The first-order valence-corrected chi connectivity index (χ1v) is 14.3. The Labute approximate surface area is 239 Å². The molecule has 0 saturated carbocycles. The van der Waals surface area contributed by atoms with Crippen molar-refractivity contribution in [3.05, 3.63) is 45.8 Å². The number of carbonyl (C=O) groups is 1. The zero-order valence-corrected chi connectivity index (χ0v) is 24.4. The molecule has 0 radical (unpaired) electrons. The van der Waals surface area contributed by atoms with Crippen LogP contribution in [0.2, 0.25) is 5.02 Å². The molecule has 1 aromatic carbocycles. The molecule has 0 atom stereocenters. The zero-order chi connectivity index (χ0) is 28.4. The Balaban J connectivity index is 1.37. The number of hydrogen-bond donors (Lipinski definition) is 2. The third-order valence-corrected chi connectivity index (χ3v) is 8.58. The summed E-state index contributed by atoms with van der Waals surface area (Å²) >= 11 is 6.52. The third-order valence-electron chi connectivity index (χ3n) is 8.31. The lowest BCUT2D eigenvalue weighted by Crippen LogP contribution is -2.46. The van der Waals surface area contributed by atoms with E-state index in [-0.39, 0.29) is 29.9 Å². The quantitative estimate of drug-likeness (QED) is 0.437. The maximum absolute atomic E-state index is 13.1. The fraction of sp³-hybridized carbons (Fsp3) is 0.517. The van der Waals surface area contributed by atoms with Crippen molar-refractivity contribution < 1.29 is 9.53 Å². The number of piperidine rings is 2. The SMILES string of the molecule is CNC(=O)COc1cc2cc(Nc3nc(N4CCC5(CCN(C)CC5)CC4)ncc3Cl)ccc2n(C(C)C)c1=O. The Bertz CT molecular complexity index is 1440. The van der Waals surface area contributed by atoms with Crippen LogP contribution in [0.1, 0.15) is 45.6 Å². The van der Waals surface area contributed by atoms with Gasteiger partial charge in [-0.1, -0.05) is 11.6 Å². The minimum atomic E-state index is -0.310. The van der Waals surface area contributed by atoms with Crippen molar-refractivity contribution in [2.45, 2.75) is 45.6 Å². The lowest BCUT2D eigenvalue weighted by atomic mass is 9.71. The van der Waals surface area contributed by atoms with Gasteiger partial charge in [-0.05, 0) is 89.3 Å². The monoisotopic (exact) mass is 567 g/mol. The van der Waals surface area contributed by atoms with Crippen molar-refractivity contribution in [3.63, 3.8) is 0 Å². The van der Waals surface area contributed by atoms with Crippen LogP contribution in [0.15, 0.2) is 35.3 Å². The number of benzene rings is 1. The van der Waals surface area contributed by atoms with Crippen LogP contribution in [-0.2, 0) is 4.79 Å². The number of ether oxygens (including phenoxy) is 1. The van der Waals surface area contributed by atoms with Crippen LogP contribution in [0, 0.1) is 5.41 Å². The molecule has 2 N–H and O–H groups in total. The van der Waals surface area contributed by atoms with Gasteiger partial charge in [0, 0.05) is 37.3 Å². The van der Waals surface area contributed by atoms with E-state index in [1.165, 1.54) is 33.0 Å². The maximum atomic E-state index is 13.1. The molecule has 2 aromatic heterocycles. The van der Waals surface area contributed by atoms with Gasteiger partial charge in [0.15, 0.2) is 18.2 Å². The summed E-state index contributed by atoms with van der Waals surface area (Å²) in [4.78, 5) is 38.8. The smallest absolute Gasteiger partial charge is 0.293 e. The van der Waals surface area contributed by atoms with Gasteiger partial charge in [-0.2, -0.15) is 4.98 Å². The summed E-state index contributed by atoms with van der Waals surface area (Å²) in [6, 6.07) is 7.28. The van der Waals surface area contributed by atoms with Gasteiger partial charge in [-0.3, -0.25) is 9.59 Å². The number of pyridine rings is 1. The highest BCUT2D eigenvalue weighted by atomic mass is 35.5. The van der Waals surface area contributed by atoms with Crippen LogP contribution in [0.25, 0.3) is 10.9 Å². The first-order chi connectivity index (χ1) is 19.2. The molecule has 4 heterocycles. The lowest BCUT2D eigenvalue weighted by molar-refractivity contribution is -0.122. The molecule has 1 amide bonds. The predicted octanol–water partition coefficient (Wildman–Crippen LogP) is 4.21. The van der Waals surface area contributed by atoms with Gasteiger partial charge in [0.1, 0.15) is 5.02 Å². The van der Waals surface area contributed by atoms with E-state index in [0.29, 0.717) is 22.2 Å². The summed E-state index contributed by atoms with van der Waals surface area (Å²) in [6.45, 7) is 7.86. The molecule has 2 saturated heterocycles. The Morgan fingerprint density at radius 2 is 1.82 bits per heavy atom. The highest BCUT2D eigenvalue weighted by molar-refractivity contribution is 6.32. The highest BCUT2D eigenvalue weighted by Crippen LogP contribution is 2.41. The minimum absolute atomic E-state index is 0.102. The molecule has 5 rings (SSSR count). The van der Waals surface area contributed by atoms with Crippen LogP contribution in [0.4, 0.5) is 17.5 Å². The van der Waals surface area contributed by atoms with Gasteiger partial charge in [-0.25, -0.2) is 4.98 Å². The summed E-state index contributed by atoms with van der Waals surface area (Å²) in [5, 5.41) is 7.06. The molecule has 2 aliphatic heterocycles. The zero-order valence-electron chi connectivity index (χ0n) is 23.7. The first kappa shape index (κ1) is 28.2. The average molecular weight is 568 g/mol. The number of nitrogens with zero attached hydrogens (tertiary/aromatic N) is 5. The summed E-state index contributed by atoms with van der Waals surface area (Å²) < 4.78 is 7.25. The van der Waals surface area contributed by atoms with Crippen molar-refractivity contribution in [1.82, 2.24) is 24.8 Å². The van der Waals surface area contributed by atoms with Gasteiger partial charge in [0.2, 0.25) is 5.95 Å². The summed E-state index contributed by atoms with van der Waals surface area (Å²) in [6.07, 6.45) is 6.48. The number of amides is 1.